The van der Waals surface area contributed by atoms with E-state index >= 15 is 0 Å². The lowest BCUT2D eigenvalue weighted by molar-refractivity contribution is -0.115. The van der Waals surface area contributed by atoms with Gasteiger partial charge >= 0.3 is 0 Å². The number of pyridine rings is 1. The zero-order valence-electron chi connectivity index (χ0n) is 18.1. The van der Waals surface area contributed by atoms with Crippen molar-refractivity contribution in [1.82, 2.24) is 20.3 Å². The monoisotopic (exact) mass is 467 g/mol. The molecule has 0 bridgehead atoms. The summed E-state index contributed by atoms with van der Waals surface area (Å²) in [6.07, 6.45) is 6.26. The Labute approximate surface area is 196 Å². The number of aromatic nitrogens is 3. The van der Waals surface area contributed by atoms with Crippen molar-refractivity contribution in [2.24, 2.45) is 0 Å². The lowest BCUT2D eigenvalue weighted by atomic mass is 10.3. The molecule has 0 atom stereocenters. The predicted molar refractivity (Wildman–Crippen MR) is 127 cm³/mol. The summed E-state index contributed by atoms with van der Waals surface area (Å²) in [4.78, 5) is 44.5. The quantitative estimate of drug-likeness (QED) is 0.669. The highest BCUT2D eigenvalue weighted by Gasteiger charge is 2.26. The summed E-state index contributed by atoms with van der Waals surface area (Å²) in [5, 5.41) is 1.93. The molecule has 2 aromatic heterocycles. The number of carbonyl (C=O) groups excluding carboxylic acids is 2. The third-order valence-corrected chi connectivity index (χ3v) is 6.59. The summed E-state index contributed by atoms with van der Waals surface area (Å²) in [5.41, 5.74) is 1.78. The van der Waals surface area contributed by atoms with Crippen molar-refractivity contribution in [3.05, 3.63) is 41.2 Å². The van der Waals surface area contributed by atoms with Crippen LogP contribution in [0.4, 0.5) is 22.2 Å². The number of nitrogens with one attached hydrogen (secondary N) is 1. The van der Waals surface area contributed by atoms with Crippen LogP contribution in [0.15, 0.2) is 35.5 Å². The van der Waals surface area contributed by atoms with E-state index in [1.165, 1.54) is 0 Å². The standard InChI is InChI=1S/C22H25N7O3S/c30-20-18(33-22(31)26-20)14-16-15-19(28-10-12-32-13-11-28)25-21(24-16)29-7-1-6-27(8-9-29)17-2-4-23-5-3-17/h2-5,14-15H,1,6-13H2,(H,26,30,31). The summed E-state index contributed by atoms with van der Waals surface area (Å²) in [6.45, 7) is 6.18. The zero-order chi connectivity index (χ0) is 22.6. The van der Waals surface area contributed by atoms with Crippen LogP contribution in [-0.2, 0) is 9.53 Å². The van der Waals surface area contributed by atoms with Crippen LogP contribution in [0.1, 0.15) is 12.1 Å². The summed E-state index contributed by atoms with van der Waals surface area (Å²) < 4.78 is 5.49. The van der Waals surface area contributed by atoms with Gasteiger partial charge in [0.2, 0.25) is 5.95 Å². The smallest absolute Gasteiger partial charge is 0.290 e. The van der Waals surface area contributed by atoms with Crippen LogP contribution in [0.5, 0.6) is 0 Å². The average Bonchev–Trinajstić information content (AvgIpc) is 3.03. The van der Waals surface area contributed by atoms with Crippen LogP contribution in [0.25, 0.3) is 6.08 Å². The maximum atomic E-state index is 12.1. The van der Waals surface area contributed by atoms with Crippen LogP contribution >= 0.6 is 11.8 Å². The van der Waals surface area contributed by atoms with E-state index in [2.05, 4.69) is 25.0 Å². The molecule has 0 aromatic carbocycles. The number of hydrogen-bond donors (Lipinski definition) is 1. The van der Waals surface area contributed by atoms with Gasteiger partial charge in [-0.25, -0.2) is 4.98 Å². The fourth-order valence-electron chi connectivity index (χ4n) is 4.10. The number of thioether (sulfide) groups is 1. The van der Waals surface area contributed by atoms with Gasteiger partial charge < -0.3 is 19.4 Å². The fraction of sp³-hybridized carbons (Fsp3) is 0.409. The Balaban J connectivity index is 1.42. The lowest BCUT2D eigenvalue weighted by Crippen LogP contribution is -2.37. The van der Waals surface area contributed by atoms with Gasteiger partial charge in [-0.2, -0.15) is 4.98 Å². The number of nitrogens with zero attached hydrogens (tertiary/aromatic N) is 6. The SMILES string of the molecule is O=C1NC(=O)C(=Cc2cc(N3CCOCC3)nc(N3CCCN(c4ccncc4)CC3)n2)S1. The van der Waals surface area contributed by atoms with Crippen LogP contribution in [0, 0.1) is 0 Å². The molecule has 5 rings (SSSR count). The van der Waals surface area contributed by atoms with E-state index in [-0.39, 0.29) is 11.1 Å². The Morgan fingerprint density at radius 2 is 1.70 bits per heavy atom. The molecule has 3 fully saturated rings. The second-order valence-electron chi connectivity index (χ2n) is 7.94. The highest BCUT2D eigenvalue weighted by Crippen LogP contribution is 2.27. The maximum Gasteiger partial charge on any atom is 0.290 e. The number of carbonyl (C=O) groups is 2. The first-order valence-electron chi connectivity index (χ1n) is 11.0. The minimum atomic E-state index is -0.388. The van der Waals surface area contributed by atoms with Gasteiger partial charge in [0.1, 0.15) is 5.82 Å². The van der Waals surface area contributed by atoms with E-state index in [4.69, 9.17) is 14.7 Å². The molecule has 3 saturated heterocycles. The van der Waals surface area contributed by atoms with Gasteiger partial charge in [-0.1, -0.05) is 0 Å². The van der Waals surface area contributed by atoms with Crippen LogP contribution in [0.2, 0.25) is 0 Å². The molecular formula is C22H25N7O3S. The highest BCUT2D eigenvalue weighted by molar-refractivity contribution is 8.18. The number of hydrogen-bond acceptors (Lipinski definition) is 10. The Bertz CT molecular complexity index is 1060. The van der Waals surface area contributed by atoms with Gasteiger partial charge in [0.15, 0.2) is 0 Å². The van der Waals surface area contributed by atoms with Crippen molar-refractivity contribution >= 4 is 46.4 Å². The zero-order valence-corrected chi connectivity index (χ0v) is 19.0. The molecule has 2 aromatic rings. The average molecular weight is 468 g/mol. The number of imide groups is 1. The van der Waals surface area contributed by atoms with Gasteiger partial charge in [-0.05, 0) is 36.4 Å². The van der Waals surface area contributed by atoms with Crippen molar-refractivity contribution in [2.75, 3.05) is 67.2 Å². The predicted octanol–water partition coefficient (Wildman–Crippen LogP) is 1.75. The van der Waals surface area contributed by atoms with Crippen LogP contribution in [-0.4, -0.2) is 78.6 Å². The summed E-state index contributed by atoms with van der Waals surface area (Å²) in [7, 11) is 0. The van der Waals surface area contributed by atoms with Crippen molar-refractivity contribution in [3.8, 4) is 0 Å². The molecule has 33 heavy (non-hydrogen) atoms. The molecule has 3 aliphatic rings. The number of ether oxygens (including phenoxy) is 1. The Morgan fingerprint density at radius 1 is 0.939 bits per heavy atom. The van der Waals surface area contributed by atoms with Gasteiger partial charge in [-0.3, -0.25) is 19.9 Å². The largest absolute Gasteiger partial charge is 0.378 e. The van der Waals surface area contributed by atoms with Gasteiger partial charge in [0.25, 0.3) is 11.1 Å². The third-order valence-electron chi connectivity index (χ3n) is 5.78. The normalized spacial score (nSPS) is 20.8. The highest BCUT2D eigenvalue weighted by atomic mass is 32.2. The van der Waals surface area contributed by atoms with Crippen molar-refractivity contribution in [3.63, 3.8) is 0 Å². The number of rotatable bonds is 4. The molecule has 0 saturated carbocycles. The Kier molecular flexibility index (Phi) is 6.40. The van der Waals surface area contributed by atoms with E-state index in [9.17, 15) is 9.59 Å². The first-order chi connectivity index (χ1) is 16.2. The molecule has 2 amide bonds. The maximum absolute atomic E-state index is 12.1. The number of morpholine rings is 1. The number of anilines is 3. The molecular weight excluding hydrogens is 442 g/mol. The molecule has 11 heteroatoms. The first-order valence-corrected chi connectivity index (χ1v) is 11.8. The van der Waals surface area contributed by atoms with E-state index in [1.807, 2.05) is 30.6 Å². The van der Waals surface area contributed by atoms with E-state index in [1.54, 1.807) is 6.08 Å². The molecule has 172 valence electrons. The second kappa shape index (κ2) is 9.75. The van der Waals surface area contributed by atoms with Gasteiger partial charge in [-0.15, -0.1) is 0 Å². The van der Waals surface area contributed by atoms with Crippen molar-refractivity contribution in [1.29, 1.82) is 0 Å². The van der Waals surface area contributed by atoms with Crippen LogP contribution < -0.4 is 20.0 Å². The molecule has 0 unspecified atom stereocenters. The van der Waals surface area contributed by atoms with E-state index < -0.39 is 0 Å². The van der Waals surface area contributed by atoms with E-state index in [0.29, 0.717) is 29.8 Å². The second-order valence-corrected chi connectivity index (χ2v) is 8.95. The minimum Gasteiger partial charge on any atom is -0.378 e. The van der Waals surface area contributed by atoms with Gasteiger partial charge in [0.05, 0.1) is 23.8 Å². The number of amides is 2. The Hall–Kier alpha value is -3.18. The van der Waals surface area contributed by atoms with Crippen LogP contribution in [0.3, 0.4) is 0 Å². The Morgan fingerprint density at radius 3 is 2.45 bits per heavy atom. The van der Waals surface area contributed by atoms with Crippen molar-refractivity contribution < 1.29 is 14.3 Å². The summed E-state index contributed by atoms with van der Waals surface area (Å²) >= 11 is 0.895. The molecule has 0 radical (unpaired) electrons. The summed E-state index contributed by atoms with van der Waals surface area (Å²) in [5.74, 6) is 1.05. The van der Waals surface area contributed by atoms with E-state index in [0.717, 1.165) is 69.0 Å². The minimum absolute atomic E-state index is 0.345. The molecule has 5 heterocycles. The molecule has 3 aliphatic heterocycles. The van der Waals surface area contributed by atoms with Gasteiger partial charge in [0, 0.05) is 63.4 Å². The topological polar surface area (TPSA) is 104 Å². The fourth-order valence-corrected chi connectivity index (χ4v) is 4.76. The molecule has 1 N–H and O–H groups in total. The molecule has 10 nitrogen and oxygen atoms in total. The summed E-state index contributed by atoms with van der Waals surface area (Å²) in [6, 6.07) is 5.93. The molecule has 0 aliphatic carbocycles. The molecule has 0 spiro atoms. The third kappa shape index (κ3) is 5.09. The first kappa shape index (κ1) is 21.7. The van der Waals surface area contributed by atoms with Crippen molar-refractivity contribution in [2.45, 2.75) is 6.42 Å². The lowest BCUT2D eigenvalue weighted by Gasteiger charge is -2.29.